The maximum absolute atomic E-state index is 3.84. The summed E-state index contributed by atoms with van der Waals surface area (Å²) in [6, 6.07) is 0. The molecular formula is C16H29. The fourth-order valence-electron chi connectivity index (χ4n) is 1.66. The van der Waals surface area contributed by atoms with Gasteiger partial charge in [0.25, 0.3) is 0 Å². The molecule has 0 aliphatic rings. The van der Waals surface area contributed by atoms with Gasteiger partial charge in [-0.25, -0.2) is 0 Å². The molecule has 0 bridgehead atoms. The summed E-state index contributed by atoms with van der Waals surface area (Å²) in [5.74, 6) is 0. The standard InChI is InChI=1S/C16H29/c1-3-5-7-9-11-13-15-16-14-12-10-8-6-4-2/h6,8-9,11H,1,3-5,7,10,12-16H2,2H3. The Labute approximate surface area is 103 Å². The molecule has 16 heavy (non-hydrogen) atoms. The molecule has 0 aliphatic carbocycles. The fourth-order valence-corrected chi connectivity index (χ4v) is 1.66. The van der Waals surface area contributed by atoms with E-state index in [0.29, 0.717) is 0 Å². The lowest BCUT2D eigenvalue weighted by atomic mass is 10.1. The van der Waals surface area contributed by atoms with Gasteiger partial charge in [-0.05, 0) is 44.9 Å². The van der Waals surface area contributed by atoms with Gasteiger partial charge in [-0.2, -0.15) is 0 Å². The van der Waals surface area contributed by atoms with Crippen LogP contribution in [0.5, 0.6) is 0 Å². The molecule has 0 N–H and O–H groups in total. The van der Waals surface area contributed by atoms with Crippen molar-refractivity contribution in [2.24, 2.45) is 0 Å². The predicted molar refractivity (Wildman–Crippen MR) is 75.5 cm³/mol. The third kappa shape index (κ3) is 13.5. The van der Waals surface area contributed by atoms with Crippen LogP contribution in [-0.4, -0.2) is 0 Å². The van der Waals surface area contributed by atoms with Gasteiger partial charge in [0, 0.05) is 0 Å². The lowest BCUT2D eigenvalue weighted by molar-refractivity contribution is 0.651. The highest BCUT2D eigenvalue weighted by molar-refractivity contribution is 4.82. The summed E-state index contributed by atoms with van der Waals surface area (Å²) in [6.07, 6.45) is 22.0. The van der Waals surface area contributed by atoms with Crippen LogP contribution in [0, 0.1) is 6.92 Å². The van der Waals surface area contributed by atoms with Gasteiger partial charge >= 0.3 is 0 Å². The molecule has 0 unspecified atom stereocenters. The van der Waals surface area contributed by atoms with Crippen LogP contribution >= 0.6 is 0 Å². The first kappa shape index (κ1) is 15.5. The van der Waals surface area contributed by atoms with E-state index >= 15 is 0 Å². The van der Waals surface area contributed by atoms with Crippen LogP contribution in [0.1, 0.15) is 71.1 Å². The first-order valence-corrected chi connectivity index (χ1v) is 7.01. The predicted octanol–water partition coefficient (Wildman–Crippen LogP) is 5.85. The SMILES string of the molecule is [CH2]CCCC=CCCCCCCC=CCC. The van der Waals surface area contributed by atoms with Crippen molar-refractivity contribution in [3.63, 3.8) is 0 Å². The minimum atomic E-state index is 1.07. The quantitative estimate of drug-likeness (QED) is 0.303. The van der Waals surface area contributed by atoms with Crippen molar-refractivity contribution in [1.29, 1.82) is 0 Å². The maximum atomic E-state index is 3.84. The molecule has 0 aromatic carbocycles. The van der Waals surface area contributed by atoms with Crippen LogP contribution in [0.2, 0.25) is 0 Å². The lowest BCUT2D eigenvalue weighted by Gasteiger charge is -1.97. The molecule has 0 heterocycles. The van der Waals surface area contributed by atoms with Gasteiger partial charge in [0.1, 0.15) is 0 Å². The lowest BCUT2D eigenvalue weighted by Crippen LogP contribution is -1.77. The van der Waals surface area contributed by atoms with Crippen LogP contribution in [0.25, 0.3) is 0 Å². The summed E-state index contributed by atoms with van der Waals surface area (Å²) in [6.45, 7) is 6.03. The minimum Gasteiger partial charge on any atom is -0.0888 e. The number of hydrogen-bond acceptors (Lipinski definition) is 0. The van der Waals surface area contributed by atoms with Gasteiger partial charge in [-0.3, -0.25) is 0 Å². The van der Waals surface area contributed by atoms with E-state index in [9.17, 15) is 0 Å². The fraction of sp³-hybridized carbons (Fsp3) is 0.688. The summed E-state index contributed by atoms with van der Waals surface area (Å²) in [4.78, 5) is 0. The smallest absolute Gasteiger partial charge is 0.0351 e. The molecule has 93 valence electrons. The molecule has 0 fully saturated rings. The number of rotatable bonds is 11. The van der Waals surface area contributed by atoms with Gasteiger partial charge in [0.05, 0.1) is 0 Å². The second-order valence-electron chi connectivity index (χ2n) is 4.34. The molecule has 0 aliphatic heterocycles. The Morgan fingerprint density at radius 2 is 1.19 bits per heavy atom. The van der Waals surface area contributed by atoms with Gasteiger partial charge in [-0.1, -0.05) is 57.4 Å². The first-order valence-electron chi connectivity index (χ1n) is 7.01. The molecule has 0 spiro atoms. The molecule has 0 amide bonds. The van der Waals surface area contributed by atoms with Crippen molar-refractivity contribution in [3.05, 3.63) is 31.2 Å². The summed E-state index contributed by atoms with van der Waals surface area (Å²) >= 11 is 0. The second-order valence-corrected chi connectivity index (χ2v) is 4.34. The molecule has 0 saturated heterocycles. The summed E-state index contributed by atoms with van der Waals surface area (Å²) in [5, 5.41) is 0. The van der Waals surface area contributed by atoms with E-state index in [1.807, 2.05) is 0 Å². The van der Waals surface area contributed by atoms with E-state index < -0.39 is 0 Å². The molecule has 0 saturated carbocycles. The van der Waals surface area contributed by atoms with Crippen molar-refractivity contribution < 1.29 is 0 Å². The number of allylic oxidation sites excluding steroid dienone is 4. The molecule has 0 atom stereocenters. The second kappa shape index (κ2) is 14.5. The average Bonchev–Trinajstić information content (AvgIpc) is 2.31. The Morgan fingerprint density at radius 1 is 0.688 bits per heavy atom. The van der Waals surface area contributed by atoms with Crippen molar-refractivity contribution >= 4 is 0 Å². The normalized spacial score (nSPS) is 11.9. The third-order valence-corrected chi connectivity index (χ3v) is 2.68. The van der Waals surface area contributed by atoms with E-state index in [-0.39, 0.29) is 0 Å². The van der Waals surface area contributed by atoms with Gasteiger partial charge < -0.3 is 0 Å². The summed E-state index contributed by atoms with van der Waals surface area (Å²) in [5.41, 5.74) is 0. The Balaban J connectivity index is 3.03. The highest BCUT2D eigenvalue weighted by atomic mass is 13.9. The zero-order chi connectivity index (χ0) is 11.9. The maximum Gasteiger partial charge on any atom is -0.0351 e. The van der Waals surface area contributed by atoms with Crippen LogP contribution in [0.15, 0.2) is 24.3 Å². The van der Waals surface area contributed by atoms with Crippen molar-refractivity contribution in [1.82, 2.24) is 0 Å². The molecule has 0 nitrogen and oxygen atoms in total. The zero-order valence-corrected chi connectivity index (χ0v) is 11.1. The number of hydrogen-bond donors (Lipinski definition) is 0. The Hall–Kier alpha value is -0.520. The molecular weight excluding hydrogens is 192 g/mol. The molecule has 0 heteroatoms. The highest BCUT2D eigenvalue weighted by Crippen LogP contribution is 2.07. The van der Waals surface area contributed by atoms with E-state index in [0.717, 1.165) is 6.42 Å². The molecule has 0 aromatic heterocycles. The molecule has 0 rings (SSSR count). The highest BCUT2D eigenvalue weighted by Gasteiger charge is 1.87. The van der Waals surface area contributed by atoms with Crippen molar-refractivity contribution in [2.75, 3.05) is 0 Å². The van der Waals surface area contributed by atoms with Crippen molar-refractivity contribution in [2.45, 2.75) is 71.1 Å². The van der Waals surface area contributed by atoms with Crippen LogP contribution in [0.3, 0.4) is 0 Å². The van der Waals surface area contributed by atoms with Crippen molar-refractivity contribution in [3.8, 4) is 0 Å². The largest absolute Gasteiger partial charge is 0.0888 e. The summed E-state index contributed by atoms with van der Waals surface area (Å²) in [7, 11) is 0. The van der Waals surface area contributed by atoms with E-state index in [4.69, 9.17) is 0 Å². The van der Waals surface area contributed by atoms with E-state index in [1.54, 1.807) is 0 Å². The van der Waals surface area contributed by atoms with Crippen LogP contribution in [0.4, 0.5) is 0 Å². The Bertz CT molecular complexity index is 165. The molecule has 1 radical (unpaired) electrons. The third-order valence-electron chi connectivity index (χ3n) is 2.68. The van der Waals surface area contributed by atoms with E-state index in [1.165, 1.54) is 57.8 Å². The van der Waals surface area contributed by atoms with Crippen LogP contribution in [-0.2, 0) is 0 Å². The monoisotopic (exact) mass is 221 g/mol. The minimum absolute atomic E-state index is 1.07. The topological polar surface area (TPSA) is 0 Å². The summed E-state index contributed by atoms with van der Waals surface area (Å²) < 4.78 is 0. The number of unbranched alkanes of at least 4 members (excludes halogenated alkanes) is 7. The van der Waals surface area contributed by atoms with E-state index in [2.05, 4.69) is 38.2 Å². The Kier molecular flexibility index (Phi) is 14.0. The zero-order valence-electron chi connectivity index (χ0n) is 11.1. The first-order chi connectivity index (χ1) is 7.91. The van der Waals surface area contributed by atoms with Crippen LogP contribution < -0.4 is 0 Å². The Morgan fingerprint density at radius 3 is 1.69 bits per heavy atom. The average molecular weight is 221 g/mol. The van der Waals surface area contributed by atoms with Gasteiger partial charge in [0.2, 0.25) is 0 Å². The van der Waals surface area contributed by atoms with Gasteiger partial charge in [0.15, 0.2) is 0 Å². The molecule has 0 aromatic rings. The van der Waals surface area contributed by atoms with Gasteiger partial charge in [-0.15, -0.1) is 0 Å².